The molecule has 1 aromatic heterocycles. The summed E-state index contributed by atoms with van der Waals surface area (Å²) in [6.45, 7) is 0.296. The summed E-state index contributed by atoms with van der Waals surface area (Å²) in [5.74, 6) is -0.551. The van der Waals surface area contributed by atoms with Crippen LogP contribution in [0.5, 0.6) is 0 Å². The second-order valence-corrected chi connectivity index (χ2v) is 6.12. The van der Waals surface area contributed by atoms with E-state index in [-0.39, 0.29) is 11.7 Å². The molecule has 1 amide bonds. The summed E-state index contributed by atoms with van der Waals surface area (Å²) in [6.07, 6.45) is 0. The van der Waals surface area contributed by atoms with Gasteiger partial charge in [-0.2, -0.15) is 0 Å². The first kappa shape index (κ1) is 16.8. The van der Waals surface area contributed by atoms with Gasteiger partial charge in [0.25, 0.3) is 5.91 Å². The second kappa shape index (κ2) is 7.33. The van der Waals surface area contributed by atoms with Gasteiger partial charge in [-0.1, -0.05) is 60.7 Å². The number of amides is 1. The lowest BCUT2D eigenvalue weighted by Crippen LogP contribution is -2.24. The molecular formula is C22H16FN3O. The Morgan fingerprint density at radius 1 is 0.852 bits per heavy atom. The molecule has 4 nitrogen and oxygen atoms in total. The molecule has 0 atom stereocenters. The monoisotopic (exact) mass is 357 g/mol. The number of carbonyl (C=O) groups excluding carboxylic acids is 1. The van der Waals surface area contributed by atoms with Gasteiger partial charge in [-0.05, 0) is 23.8 Å². The fourth-order valence-electron chi connectivity index (χ4n) is 2.95. The van der Waals surface area contributed by atoms with E-state index in [4.69, 9.17) is 0 Å². The molecule has 0 aliphatic rings. The summed E-state index contributed by atoms with van der Waals surface area (Å²) in [4.78, 5) is 13.0. The van der Waals surface area contributed by atoms with Crippen molar-refractivity contribution in [2.45, 2.75) is 6.54 Å². The number of halogens is 1. The summed E-state index contributed by atoms with van der Waals surface area (Å²) in [7, 11) is 0. The van der Waals surface area contributed by atoms with Gasteiger partial charge in [0.2, 0.25) is 0 Å². The van der Waals surface area contributed by atoms with Crippen molar-refractivity contribution in [2.75, 3.05) is 0 Å². The molecule has 0 fully saturated rings. The van der Waals surface area contributed by atoms with Crippen molar-refractivity contribution >= 4 is 16.8 Å². The average molecular weight is 357 g/mol. The molecular weight excluding hydrogens is 341 g/mol. The number of fused-ring (bicyclic) bond motifs is 1. The van der Waals surface area contributed by atoms with Gasteiger partial charge in [-0.15, -0.1) is 10.2 Å². The lowest BCUT2D eigenvalue weighted by Gasteiger charge is -2.12. The maximum Gasteiger partial charge on any atom is 0.254 e. The molecule has 5 heteroatoms. The first-order valence-corrected chi connectivity index (χ1v) is 8.56. The Labute approximate surface area is 155 Å². The maximum atomic E-state index is 13.1. The Morgan fingerprint density at radius 3 is 2.33 bits per heavy atom. The van der Waals surface area contributed by atoms with Gasteiger partial charge < -0.3 is 5.32 Å². The molecule has 4 rings (SSSR count). The van der Waals surface area contributed by atoms with Gasteiger partial charge in [0, 0.05) is 17.5 Å². The van der Waals surface area contributed by atoms with Crippen LogP contribution in [0.2, 0.25) is 0 Å². The highest BCUT2D eigenvalue weighted by molar-refractivity contribution is 6.10. The molecule has 132 valence electrons. The smallest absolute Gasteiger partial charge is 0.254 e. The van der Waals surface area contributed by atoms with E-state index in [1.807, 2.05) is 54.6 Å². The third-order valence-corrected chi connectivity index (χ3v) is 4.31. The minimum atomic E-state index is -0.305. The number of nitrogens with one attached hydrogen (secondary N) is 1. The molecule has 1 N–H and O–H groups in total. The zero-order valence-corrected chi connectivity index (χ0v) is 14.4. The number of carbonyl (C=O) groups is 1. The number of hydrogen-bond donors (Lipinski definition) is 1. The topological polar surface area (TPSA) is 54.9 Å². The molecule has 0 saturated carbocycles. The van der Waals surface area contributed by atoms with E-state index in [9.17, 15) is 9.18 Å². The minimum Gasteiger partial charge on any atom is -0.348 e. The summed E-state index contributed by atoms with van der Waals surface area (Å²) in [5.41, 5.74) is 3.31. The van der Waals surface area contributed by atoms with Crippen molar-refractivity contribution in [1.29, 1.82) is 0 Å². The molecule has 0 aliphatic heterocycles. The van der Waals surface area contributed by atoms with Crippen LogP contribution in [0, 0.1) is 5.82 Å². The Balaban J connectivity index is 1.74. The van der Waals surface area contributed by atoms with Gasteiger partial charge in [0.1, 0.15) is 11.5 Å². The van der Waals surface area contributed by atoms with Gasteiger partial charge in [0.15, 0.2) is 0 Å². The number of nitrogens with zero attached hydrogens (tertiary/aromatic N) is 2. The van der Waals surface area contributed by atoms with Crippen molar-refractivity contribution in [1.82, 2.24) is 15.5 Å². The summed E-state index contributed by atoms with van der Waals surface area (Å²) < 4.78 is 13.1. The Hall–Kier alpha value is -3.60. The molecule has 0 aliphatic carbocycles. The van der Waals surface area contributed by atoms with Gasteiger partial charge in [0.05, 0.1) is 11.1 Å². The van der Waals surface area contributed by atoms with Gasteiger partial charge in [-0.25, -0.2) is 4.39 Å². The molecule has 27 heavy (non-hydrogen) atoms. The van der Waals surface area contributed by atoms with E-state index in [2.05, 4.69) is 15.5 Å². The van der Waals surface area contributed by atoms with Crippen molar-refractivity contribution in [3.63, 3.8) is 0 Å². The molecule has 4 aromatic rings. The lowest BCUT2D eigenvalue weighted by atomic mass is 10.0. The number of aromatic nitrogens is 2. The quantitative estimate of drug-likeness (QED) is 0.590. The molecule has 1 heterocycles. The summed E-state index contributed by atoms with van der Waals surface area (Å²) in [5, 5.41) is 12.2. The molecule has 3 aromatic carbocycles. The van der Waals surface area contributed by atoms with Crippen LogP contribution in [0.1, 0.15) is 15.9 Å². The average Bonchev–Trinajstić information content (AvgIpc) is 2.73. The van der Waals surface area contributed by atoms with Crippen LogP contribution in [0.4, 0.5) is 4.39 Å². The van der Waals surface area contributed by atoms with Crippen LogP contribution in [-0.2, 0) is 6.54 Å². The predicted molar refractivity (Wildman–Crippen MR) is 103 cm³/mol. The Morgan fingerprint density at radius 2 is 1.56 bits per heavy atom. The van der Waals surface area contributed by atoms with E-state index < -0.39 is 0 Å². The van der Waals surface area contributed by atoms with Crippen LogP contribution in [-0.4, -0.2) is 16.1 Å². The fourth-order valence-corrected chi connectivity index (χ4v) is 2.95. The molecule has 0 spiro atoms. The van der Waals surface area contributed by atoms with E-state index in [0.717, 1.165) is 16.5 Å². The zero-order chi connectivity index (χ0) is 18.6. The molecule has 0 saturated heterocycles. The van der Waals surface area contributed by atoms with E-state index >= 15 is 0 Å². The van der Waals surface area contributed by atoms with Crippen molar-refractivity contribution in [3.8, 4) is 11.3 Å². The van der Waals surface area contributed by atoms with Gasteiger partial charge in [-0.3, -0.25) is 4.79 Å². The van der Waals surface area contributed by atoms with E-state index in [1.54, 1.807) is 12.1 Å². The van der Waals surface area contributed by atoms with E-state index in [0.29, 0.717) is 23.3 Å². The van der Waals surface area contributed by atoms with Crippen LogP contribution in [0.25, 0.3) is 22.2 Å². The first-order chi connectivity index (χ1) is 13.2. The number of benzene rings is 3. The number of hydrogen-bond acceptors (Lipinski definition) is 3. The first-order valence-electron chi connectivity index (χ1n) is 8.56. The Kier molecular flexibility index (Phi) is 4.58. The second-order valence-electron chi connectivity index (χ2n) is 6.12. The standard InChI is InChI=1S/C22H16FN3O/c23-17-12-10-15(11-13-17)14-24-22(27)20-18-8-4-5-9-19(18)25-26-21(20)16-6-2-1-3-7-16/h1-13H,14H2,(H,24,27). The maximum absolute atomic E-state index is 13.1. The summed E-state index contributed by atoms with van der Waals surface area (Å²) >= 11 is 0. The van der Waals surface area contributed by atoms with Crippen LogP contribution in [0.3, 0.4) is 0 Å². The predicted octanol–water partition coefficient (Wildman–Crippen LogP) is 4.37. The SMILES string of the molecule is O=C(NCc1ccc(F)cc1)c1c(-c2ccccc2)nnc2ccccc12. The van der Waals surface area contributed by atoms with E-state index in [1.165, 1.54) is 12.1 Å². The van der Waals surface area contributed by atoms with Crippen molar-refractivity contribution < 1.29 is 9.18 Å². The van der Waals surface area contributed by atoms with Crippen molar-refractivity contribution in [2.24, 2.45) is 0 Å². The normalized spacial score (nSPS) is 10.7. The molecule has 0 radical (unpaired) electrons. The Bertz CT molecular complexity index is 1100. The highest BCUT2D eigenvalue weighted by Crippen LogP contribution is 2.26. The highest BCUT2D eigenvalue weighted by Gasteiger charge is 2.19. The van der Waals surface area contributed by atoms with Crippen LogP contribution < -0.4 is 5.32 Å². The third-order valence-electron chi connectivity index (χ3n) is 4.31. The largest absolute Gasteiger partial charge is 0.348 e. The summed E-state index contributed by atoms with van der Waals surface area (Å²) in [6, 6.07) is 23.0. The zero-order valence-electron chi connectivity index (χ0n) is 14.4. The van der Waals surface area contributed by atoms with Crippen molar-refractivity contribution in [3.05, 3.63) is 95.8 Å². The van der Waals surface area contributed by atoms with Crippen LogP contribution >= 0.6 is 0 Å². The van der Waals surface area contributed by atoms with Gasteiger partial charge >= 0.3 is 0 Å². The minimum absolute atomic E-state index is 0.246. The lowest BCUT2D eigenvalue weighted by molar-refractivity contribution is 0.0953. The highest BCUT2D eigenvalue weighted by atomic mass is 19.1. The van der Waals surface area contributed by atoms with Crippen LogP contribution in [0.15, 0.2) is 78.9 Å². The molecule has 0 bridgehead atoms. The number of rotatable bonds is 4. The fraction of sp³-hybridized carbons (Fsp3) is 0.0455. The third kappa shape index (κ3) is 3.53. The molecule has 0 unspecified atom stereocenters.